The van der Waals surface area contributed by atoms with Crippen LogP contribution >= 0.6 is 0 Å². The summed E-state index contributed by atoms with van der Waals surface area (Å²) < 4.78 is 22.8. The highest BCUT2D eigenvalue weighted by Crippen LogP contribution is 2.35. The summed E-state index contributed by atoms with van der Waals surface area (Å²) in [5.41, 5.74) is 1.22. The van der Waals surface area contributed by atoms with E-state index in [9.17, 15) is 8.42 Å². The zero-order chi connectivity index (χ0) is 20.7. The molecule has 1 saturated carbocycles. The van der Waals surface area contributed by atoms with Crippen molar-refractivity contribution in [1.29, 1.82) is 0 Å². The fraction of sp³-hybridized carbons (Fsp3) is 0.667. The van der Waals surface area contributed by atoms with Crippen molar-refractivity contribution < 1.29 is 8.42 Å². The molecule has 1 heterocycles. The smallest absolute Gasteiger partial charge is 0.238 e. The molecule has 0 spiro atoms. The van der Waals surface area contributed by atoms with Crippen LogP contribution in [-0.2, 0) is 16.6 Å². The number of nitrogens with zero attached hydrogens (tertiary/aromatic N) is 2. The second-order valence-electron chi connectivity index (χ2n) is 8.30. The second-order valence-corrected chi connectivity index (χ2v) is 9.86. The number of piperidine rings is 1. The van der Waals surface area contributed by atoms with E-state index >= 15 is 0 Å². The SMILES string of the molecule is CN=C(NCc1ccc(S(N)(=O)=O)cc1)NCC1(N2CCCCC2)CCCCC1. The molecule has 1 aliphatic carbocycles. The molecular weight excluding hydrogens is 386 g/mol. The number of hydrogen-bond donors (Lipinski definition) is 3. The van der Waals surface area contributed by atoms with Crippen molar-refractivity contribution in [2.45, 2.75) is 68.3 Å². The first-order chi connectivity index (χ1) is 13.9. The molecule has 29 heavy (non-hydrogen) atoms. The Morgan fingerprint density at radius 3 is 2.24 bits per heavy atom. The monoisotopic (exact) mass is 421 g/mol. The van der Waals surface area contributed by atoms with E-state index in [0.29, 0.717) is 6.54 Å². The Bertz CT molecular complexity index is 780. The Morgan fingerprint density at radius 1 is 1.03 bits per heavy atom. The average molecular weight is 422 g/mol. The van der Waals surface area contributed by atoms with Crippen LogP contribution in [0.1, 0.15) is 56.9 Å². The Labute approximate surface area is 175 Å². The third kappa shape index (κ3) is 5.93. The lowest BCUT2D eigenvalue weighted by Crippen LogP contribution is -2.59. The van der Waals surface area contributed by atoms with E-state index < -0.39 is 10.0 Å². The molecule has 162 valence electrons. The molecule has 1 saturated heterocycles. The van der Waals surface area contributed by atoms with Crippen molar-refractivity contribution >= 4 is 16.0 Å². The number of guanidine groups is 1. The van der Waals surface area contributed by atoms with Crippen LogP contribution in [0, 0.1) is 0 Å². The third-order valence-corrected chi connectivity index (χ3v) is 7.26. The summed E-state index contributed by atoms with van der Waals surface area (Å²) in [5.74, 6) is 0.780. The average Bonchev–Trinajstić information content (AvgIpc) is 2.75. The molecule has 3 rings (SSSR count). The number of rotatable bonds is 6. The summed E-state index contributed by atoms with van der Waals surface area (Å²) in [6, 6.07) is 6.62. The molecule has 2 fully saturated rings. The van der Waals surface area contributed by atoms with E-state index in [1.54, 1.807) is 19.2 Å². The molecule has 1 aromatic carbocycles. The Balaban J connectivity index is 1.57. The van der Waals surface area contributed by atoms with Gasteiger partial charge in [-0.25, -0.2) is 13.6 Å². The van der Waals surface area contributed by atoms with Gasteiger partial charge in [0, 0.05) is 25.7 Å². The number of sulfonamides is 1. The molecule has 0 bridgehead atoms. The van der Waals surface area contributed by atoms with Gasteiger partial charge >= 0.3 is 0 Å². The van der Waals surface area contributed by atoms with Crippen molar-refractivity contribution in [2.75, 3.05) is 26.7 Å². The van der Waals surface area contributed by atoms with Gasteiger partial charge in [-0.15, -0.1) is 0 Å². The maximum atomic E-state index is 11.4. The van der Waals surface area contributed by atoms with E-state index in [-0.39, 0.29) is 10.4 Å². The normalized spacial score (nSPS) is 21.0. The molecule has 8 heteroatoms. The molecular formula is C21H35N5O2S. The molecule has 1 aromatic rings. The van der Waals surface area contributed by atoms with Gasteiger partial charge in [-0.2, -0.15) is 0 Å². The molecule has 0 aromatic heterocycles. The Kier molecular flexibility index (Phi) is 7.54. The third-order valence-electron chi connectivity index (χ3n) is 6.33. The highest BCUT2D eigenvalue weighted by molar-refractivity contribution is 7.89. The van der Waals surface area contributed by atoms with Crippen LogP contribution in [0.3, 0.4) is 0 Å². The summed E-state index contributed by atoms with van der Waals surface area (Å²) >= 11 is 0. The van der Waals surface area contributed by atoms with Crippen LogP contribution in [0.4, 0.5) is 0 Å². The van der Waals surface area contributed by atoms with Gasteiger partial charge in [0.25, 0.3) is 0 Å². The van der Waals surface area contributed by atoms with E-state index in [1.807, 2.05) is 0 Å². The van der Waals surface area contributed by atoms with Crippen LogP contribution in [0.2, 0.25) is 0 Å². The summed E-state index contributed by atoms with van der Waals surface area (Å²) in [7, 11) is -1.87. The zero-order valence-corrected chi connectivity index (χ0v) is 18.3. The second kappa shape index (κ2) is 9.91. The fourth-order valence-electron chi connectivity index (χ4n) is 4.63. The van der Waals surface area contributed by atoms with E-state index in [1.165, 1.54) is 76.6 Å². The topological polar surface area (TPSA) is 99.8 Å². The van der Waals surface area contributed by atoms with Crippen LogP contribution in [0.25, 0.3) is 0 Å². The minimum absolute atomic E-state index is 0.129. The lowest BCUT2D eigenvalue weighted by Gasteiger charge is -2.48. The molecule has 0 unspecified atom stereocenters. The lowest BCUT2D eigenvalue weighted by atomic mass is 9.79. The lowest BCUT2D eigenvalue weighted by molar-refractivity contribution is 0.0368. The summed E-state index contributed by atoms with van der Waals surface area (Å²) in [6.07, 6.45) is 10.4. The highest BCUT2D eigenvalue weighted by atomic mass is 32.2. The summed E-state index contributed by atoms with van der Waals surface area (Å²) in [6.45, 7) is 3.91. The van der Waals surface area contributed by atoms with Gasteiger partial charge in [0.1, 0.15) is 0 Å². The van der Waals surface area contributed by atoms with Gasteiger partial charge in [0.15, 0.2) is 5.96 Å². The first-order valence-electron chi connectivity index (χ1n) is 10.7. The number of nitrogens with two attached hydrogens (primary N) is 1. The quantitative estimate of drug-likeness (QED) is 0.483. The minimum Gasteiger partial charge on any atom is -0.355 e. The van der Waals surface area contributed by atoms with E-state index in [4.69, 9.17) is 5.14 Å². The largest absolute Gasteiger partial charge is 0.355 e. The number of nitrogens with one attached hydrogen (secondary N) is 2. The molecule has 0 amide bonds. The van der Waals surface area contributed by atoms with Gasteiger partial charge in [-0.05, 0) is 56.5 Å². The maximum absolute atomic E-state index is 11.4. The minimum atomic E-state index is -3.66. The first-order valence-corrected chi connectivity index (χ1v) is 12.3. The van der Waals surface area contributed by atoms with Crippen molar-refractivity contribution in [1.82, 2.24) is 15.5 Å². The fourth-order valence-corrected chi connectivity index (χ4v) is 5.15. The van der Waals surface area contributed by atoms with Crippen LogP contribution in [0.5, 0.6) is 0 Å². The van der Waals surface area contributed by atoms with E-state index in [2.05, 4.69) is 20.5 Å². The predicted molar refractivity (Wildman–Crippen MR) is 117 cm³/mol. The van der Waals surface area contributed by atoms with Gasteiger partial charge in [-0.3, -0.25) is 9.89 Å². The summed E-state index contributed by atoms with van der Waals surface area (Å²) in [4.78, 5) is 7.23. The molecule has 0 radical (unpaired) electrons. The molecule has 0 atom stereocenters. The Hall–Kier alpha value is -1.64. The van der Waals surface area contributed by atoms with Crippen LogP contribution < -0.4 is 15.8 Å². The zero-order valence-electron chi connectivity index (χ0n) is 17.5. The number of hydrogen-bond acceptors (Lipinski definition) is 4. The highest BCUT2D eigenvalue weighted by Gasteiger charge is 2.38. The number of aliphatic imine (C=N–C) groups is 1. The van der Waals surface area contributed by atoms with Gasteiger partial charge in [0.05, 0.1) is 4.90 Å². The first kappa shape index (κ1) is 22.1. The standard InChI is InChI=1S/C21H35N5O2S/c1-23-20(24-16-18-8-10-19(11-9-18)29(22,27)28)25-17-21(12-4-2-5-13-21)26-14-6-3-7-15-26/h8-11H,2-7,12-17H2,1H3,(H2,22,27,28)(H2,23,24,25). The number of benzene rings is 1. The van der Waals surface area contributed by atoms with Gasteiger partial charge in [-0.1, -0.05) is 37.8 Å². The van der Waals surface area contributed by atoms with Gasteiger partial charge in [0.2, 0.25) is 10.0 Å². The van der Waals surface area contributed by atoms with Crippen LogP contribution in [-0.4, -0.2) is 51.5 Å². The summed E-state index contributed by atoms with van der Waals surface area (Å²) in [5, 5.41) is 12.1. The maximum Gasteiger partial charge on any atom is 0.238 e. The van der Waals surface area contributed by atoms with Crippen molar-refractivity contribution in [3.8, 4) is 0 Å². The van der Waals surface area contributed by atoms with Crippen molar-refractivity contribution in [2.24, 2.45) is 10.1 Å². The molecule has 2 aliphatic rings. The van der Waals surface area contributed by atoms with Gasteiger partial charge < -0.3 is 10.6 Å². The van der Waals surface area contributed by atoms with Crippen molar-refractivity contribution in [3.05, 3.63) is 29.8 Å². The number of primary sulfonamides is 1. The molecule has 4 N–H and O–H groups in total. The van der Waals surface area contributed by atoms with E-state index in [0.717, 1.165) is 18.1 Å². The molecule has 7 nitrogen and oxygen atoms in total. The van der Waals surface area contributed by atoms with Crippen LogP contribution in [0.15, 0.2) is 34.2 Å². The number of likely N-dealkylation sites (tertiary alicyclic amines) is 1. The Morgan fingerprint density at radius 2 is 1.66 bits per heavy atom. The predicted octanol–water partition coefficient (Wildman–Crippen LogP) is 2.19. The van der Waals surface area contributed by atoms with Crippen molar-refractivity contribution in [3.63, 3.8) is 0 Å². The molecule has 1 aliphatic heterocycles.